The first-order chi connectivity index (χ1) is 8.47. The van der Waals surface area contributed by atoms with Crippen molar-refractivity contribution in [2.24, 2.45) is 0 Å². The molecule has 0 bridgehead atoms. The summed E-state index contributed by atoms with van der Waals surface area (Å²) in [6, 6.07) is 1.71. The van der Waals surface area contributed by atoms with E-state index in [-0.39, 0.29) is 11.7 Å². The van der Waals surface area contributed by atoms with Crippen molar-refractivity contribution in [1.82, 2.24) is 0 Å². The van der Waals surface area contributed by atoms with Crippen LogP contribution in [0.15, 0.2) is 12.1 Å². The molecule has 6 heteroatoms. The van der Waals surface area contributed by atoms with Crippen LogP contribution in [-0.4, -0.2) is 28.1 Å². The maximum absolute atomic E-state index is 13.5. The third-order valence-electron chi connectivity index (χ3n) is 2.85. The summed E-state index contributed by atoms with van der Waals surface area (Å²) in [4.78, 5) is 10.8. The standard InChI is InChI=1S/C12H13F2NO2S/c1-6-2-7(5-18-6)15-11-3-8(12(16)17)9(13)4-10(11)14/h3-4,6-7,15H,2,5H2,1H3,(H,16,17). The number of hydrogen-bond acceptors (Lipinski definition) is 3. The SMILES string of the molecule is CC1CC(Nc2cc(C(=O)O)c(F)cc2F)CS1. The molecule has 18 heavy (non-hydrogen) atoms. The van der Waals surface area contributed by atoms with Crippen LogP contribution in [0.3, 0.4) is 0 Å². The van der Waals surface area contributed by atoms with Gasteiger partial charge in [-0.25, -0.2) is 13.6 Å². The van der Waals surface area contributed by atoms with Gasteiger partial charge in [-0.1, -0.05) is 6.92 Å². The molecule has 2 atom stereocenters. The third-order valence-corrected chi connectivity index (χ3v) is 4.20. The van der Waals surface area contributed by atoms with Gasteiger partial charge in [-0.05, 0) is 12.5 Å². The van der Waals surface area contributed by atoms with Crippen LogP contribution < -0.4 is 5.32 Å². The zero-order valence-electron chi connectivity index (χ0n) is 9.74. The smallest absolute Gasteiger partial charge is 0.338 e. The first-order valence-electron chi connectivity index (χ1n) is 5.58. The van der Waals surface area contributed by atoms with Crippen molar-refractivity contribution in [3.63, 3.8) is 0 Å². The fourth-order valence-corrected chi connectivity index (χ4v) is 3.11. The molecule has 1 aliphatic heterocycles. The van der Waals surface area contributed by atoms with Crippen LogP contribution in [0.2, 0.25) is 0 Å². The Kier molecular flexibility index (Phi) is 3.75. The number of aromatic carboxylic acids is 1. The minimum absolute atomic E-state index is 0.0495. The van der Waals surface area contributed by atoms with Crippen LogP contribution in [0.25, 0.3) is 0 Å². The van der Waals surface area contributed by atoms with Gasteiger partial charge >= 0.3 is 5.97 Å². The van der Waals surface area contributed by atoms with Gasteiger partial charge in [0.1, 0.15) is 11.6 Å². The highest BCUT2D eigenvalue weighted by molar-refractivity contribution is 8.00. The number of carbonyl (C=O) groups is 1. The zero-order valence-corrected chi connectivity index (χ0v) is 10.6. The highest BCUT2D eigenvalue weighted by Crippen LogP contribution is 2.29. The molecule has 0 radical (unpaired) electrons. The summed E-state index contributed by atoms with van der Waals surface area (Å²) in [5.41, 5.74) is -0.467. The summed E-state index contributed by atoms with van der Waals surface area (Å²) in [5, 5.41) is 12.2. The highest BCUT2D eigenvalue weighted by atomic mass is 32.2. The van der Waals surface area contributed by atoms with Gasteiger partial charge in [-0.15, -0.1) is 0 Å². The Morgan fingerprint density at radius 2 is 2.17 bits per heavy atom. The van der Waals surface area contributed by atoms with Crippen LogP contribution in [0.5, 0.6) is 0 Å². The van der Waals surface area contributed by atoms with Crippen molar-refractivity contribution in [2.75, 3.05) is 11.1 Å². The summed E-state index contributed by atoms with van der Waals surface area (Å²) in [6.45, 7) is 2.08. The predicted molar refractivity (Wildman–Crippen MR) is 67.3 cm³/mol. The molecule has 1 aromatic carbocycles. The molecule has 2 N–H and O–H groups in total. The second-order valence-corrected chi connectivity index (χ2v) is 5.81. The maximum atomic E-state index is 13.5. The van der Waals surface area contributed by atoms with Crippen molar-refractivity contribution >= 4 is 23.4 Å². The molecule has 1 aromatic rings. The van der Waals surface area contributed by atoms with Crippen LogP contribution >= 0.6 is 11.8 Å². The van der Waals surface area contributed by atoms with E-state index in [0.29, 0.717) is 11.3 Å². The first kappa shape index (κ1) is 13.1. The van der Waals surface area contributed by atoms with Gasteiger partial charge in [0.2, 0.25) is 0 Å². The molecule has 2 unspecified atom stereocenters. The number of benzene rings is 1. The highest BCUT2D eigenvalue weighted by Gasteiger charge is 2.23. The maximum Gasteiger partial charge on any atom is 0.338 e. The van der Waals surface area contributed by atoms with E-state index in [4.69, 9.17) is 5.11 Å². The quantitative estimate of drug-likeness (QED) is 0.889. The van der Waals surface area contributed by atoms with Crippen LogP contribution in [0.1, 0.15) is 23.7 Å². The summed E-state index contributed by atoms with van der Waals surface area (Å²) in [6.07, 6.45) is 0.879. The van der Waals surface area contributed by atoms with E-state index in [1.165, 1.54) is 0 Å². The zero-order chi connectivity index (χ0) is 13.3. The molecule has 2 rings (SSSR count). The number of carboxylic acid groups (broad SMARTS) is 1. The number of nitrogens with one attached hydrogen (secondary N) is 1. The Morgan fingerprint density at radius 1 is 1.44 bits per heavy atom. The molecular formula is C12H13F2NO2S. The minimum Gasteiger partial charge on any atom is -0.478 e. The molecule has 0 spiro atoms. The molecule has 1 fully saturated rings. The van der Waals surface area contributed by atoms with E-state index in [0.717, 1.165) is 18.2 Å². The normalized spacial score (nSPS) is 23.1. The fraction of sp³-hybridized carbons (Fsp3) is 0.417. The molecule has 0 amide bonds. The largest absolute Gasteiger partial charge is 0.478 e. The first-order valence-corrected chi connectivity index (χ1v) is 6.62. The number of thioether (sulfide) groups is 1. The molecule has 98 valence electrons. The van der Waals surface area contributed by atoms with Gasteiger partial charge in [0, 0.05) is 23.1 Å². The van der Waals surface area contributed by atoms with E-state index in [9.17, 15) is 13.6 Å². The van der Waals surface area contributed by atoms with Crippen LogP contribution in [0.4, 0.5) is 14.5 Å². The number of halogens is 2. The molecule has 1 aliphatic rings. The number of hydrogen-bond donors (Lipinski definition) is 2. The molecular weight excluding hydrogens is 260 g/mol. The van der Waals surface area contributed by atoms with Gasteiger partial charge in [0.05, 0.1) is 11.3 Å². The predicted octanol–water partition coefficient (Wildman–Crippen LogP) is 2.97. The van der Waals surface area contributed by atoms with Gasteiger partial charge in [-0.3, -0.25) is 0 Å². The Labute approximate surface area is 108 Å². The van der Waals surface area contributed by atoms with Crippen molar-refractivity contribution in [1.29, 1.82) is 0 Å². The summed E-state index contributed by atoms with van der Waals surface area (Å²) < 4.78 is 26.7. The van der Waals surface area contributed by atoms with Gasteiger partial charge in [-0.2, -0.15) is 11.8 Å². The average Bonchev–Trinajstić information content (AvgIpc) is 2.67. The van der Waals surface area contributed by atoms with Crippen molar-refractivity contribution < 1.29 is 18.7 Å². The second-order valence-electron chi connectivity index (χ2n) is 4.34. The minimum atomic E-state index is -1.40. The lowest BCUT2D eigenvalue weighted by atomic mass is 10.1. The molecule has 0 aliphatic carbocycles. The summed E-state index contributed by atoms with van der Waals surface area (Å²) in [5.74, 6) is -2.38. The van der Waals surface area contributed by atoms with E-state index in [2.05, 4.69) is 12.2 Å². The van der Waals surface area contributed by atoms with Gasteiger partial charge in [0.25, 0.3) is 0 Å². The van der Waals surface area contributed by atoms with Gasteiger partial charge < -0.3 is 10.4 Å². The third kappa shape index (κ3) is 2.75. The number of anilines is 1. The number of rotatable bonds is 3. The van der Waals surface area contributed by atoms with Crippen molar-refractivity contribution in [2.45, 2.75) is 24.6 Å². The topological polar surface area (TPSA) is 49.3 Å². The lowest BCUT2D eigenvalue weighted by Crippen LogP contribution is -2.20. The van der Waals surface area contributed by atoms with Crippen LogP contribution in [0, 0.1) is 11.6 Å². The Balaban J connectivity index is 2.22. The summed E-state index contributed by atoms with van der Waals surface area (Å²) in [7, 11) is 0. The Morgan fingerprint density at radius 3 is 2.72 bits per heavy atom. The van der Waals surface area contributed by atoms with E-state index >= 15 is 0 Å². The Hall–Kier alpha value is -1.30. The number of carboxylic acids is 1. The monoisotopic (exact) mass is 273 g/mol. The molecule has 1 heterocycles. The van der Waals surface area contributed by atoms with Crippen LogP contribution in [-0.2, 0) is 0 Å². The van der Waals surface area contributed by atoms with Gasteiger partial charge in [0.15, 0.2) is 0 Å². The molecule has 1 saturated heterocycles. The van der Waals surface area contributed by atoms with Crippen molar-refractivity contribution in [3.05, 3.63) is 29.3 Å². The van der Waals surface area contributed by atoms with E-state index in [1.54, 1.807) is 11.8 Å². The Bertz CT molecular complexity index is 481. The summed E-state index contributed by atoms with van der Waals surface area (Å²) >= 11 is 1.77. The molecule has 0 aromatic heterocycles. The lowest BCUT2D eigenvalue weighted by molar-refractivity contribution is 0.0692. The molecule has 0 saturated carbocycles. The average molecular weight is 273 g/mol. The fourth-order valence-electron chi connectivity index (χ4n) is 1.96. The molecule has 3 nitrogen and oxygen atoms in total. The van der Waals surface area contributed by atoms with E-state index in [1.807, 2.05) is 0 Å². The lowest BCUT2D eigenvalue weighted by Gasteiger charge is -2.14. The second kappa shape index (κ2) is 5.14. The van der Waals surface area contributed by atoms with Crippen molar-refractivity contribution in [3.8, 4) is 0 Å². The van der Waals surface area contributed by atoms with E-state index < -0.39 is 23.2 Å².